The van der Waals surface area contributed by atoms with Crippen LogP contribution in [-0.2, 0) is 20.9 Å². The summed E-state index contributed by atoms with van der Waals surface area (Å²) in [7, 11) is 0. The van der Waals surface area contributed by atoms with E-state index in [1.807, 2.05) is 0 Å². The topological polar surface area (TPSA) is 101 Å². The molecule has 1 aliphatic carbocycles. The Balaban J connectivity index is 1.46. The van der Waals surface area contributed by atoms with Crippen molar-refractivity contribution in [3.05, 3.63) is 24.2 Å². The van der Waals surface area contributed by atoms with Crippen molar-refractivity contribution in [2.24, 2.45) is 5.41 Å². The van der Waals surface area contributed by atoms with Crippen LogP contribution in [0.4, 0.5) is 4.79 Å². The van der Waals surface area contributed by atoms with Gasteiger partial charge in [0.05, 0.1) is 19.4 Å². The summed E-state index contributed by atoms with van der Waals surface area (Å²) in [4.78, 5) is 38.4. The molecule has 0 aromatic carbocycles. The number of amides is 3. The van der Waals surface area contributed by atoms with Crippen LogP contribution >= 0.6 is 0 Å². The largest absolute Gasteiger partial charge is 0.467 e. The summed E-state index contributed by atoms with van der Waals surface area (Å²) in [5.74, 6) is 0.181. The van der Waals surface area contributed by atoms with E-state index in [0.717, 1.165) is 0 Å². The van der Waals surface area contributed by atoms with Crippen molar-refractivity contribution < 1.29 is 23.5 Å². The highest BCUT2D eigenvalue weighted by Gasteiger charge is 2.56. The first kappa shape index (κ1) is 18.3. The smallest absolute Gasteiger partial charge is 0.409 e. The SMILES string of the molecule is CCOC(=O)N1CCC(NC(=O)C2(C(=O)NCc3ccco3)CC2)CC1. The second-order valence-corrected chi connectivity index (χ2v) is 6.78. The van der Waals surface area contributed by atoms with E-state index >= 15 is 0 Å². The first-order chi connectivity index (χ1) is 12.5. The minimum Gasteiger partial charge on any atom is -0.467 e. The third-order valence-corrected chi connectivity index (χ3v) is 4.98. The van der Waals surface area contributed by atoms with Gasteiger partial charge in [-0.3, -0.25) is 9.59 Å². The number of rotatable bonds is 6. The van der Waals surface area contributed by atoms with Crippen molar-refractivity contribution in [1.29, 1.82) is 0 Å². The molecule has 3 amide bonds. The van der Waals surface area contributed by atoms with Gasteiger partial charge in [-0.2, -0.15) is 0 Å². The highest BCUT2D eigenvalue weighted by atomic mass is 16.6. The van der Waals surface area contributed by atoms with E-state index in [0.29, 0.717) is 51.1 Å². The summed E-state index contributed by atoms with van der Waals surface area (Å²) in [5.41, 5.74) is -0.954. The molecule has 2 heterocycles. The van der Waals surface area contributed by atoms with Gasteiger partial charge in [-0.1, -0.05) is 0 Å². The zero-order chi connectivity index (χ0) is 18.6. The summed E-state index contributed by atoms with van der Waals surface area (Å²) in [6.07, 6.45) is 3.68. The molecule has 1 saturated carbocycles. The molecular weight excluding hydrogens is 338 g/mol. The molecule has 0 atom stereocenters. The van der Waals surface area contributed by atoms with Crippen molar-refractivity contribution in [2.45, 2.75) is 45.2 Å². The summed E-state index contributed by atoms with van der Waals surface area (Å²) in [6, 6.07) is 3.50. The van der Waals surface area contributed by atoms with E-state index in [2.05, 4.69) is 10.6 Å². The van der Waals surface area contributed by atoms with E-state index < -0.39 is 5.41 Å². The Morgan fingerprint density at radius 1 is 1.27 bits per heavy atom. The highest BCUT2D eigenvalue weighted by Crippen LogP contribution is 2.46. The molecular formula is C18H25N3O5. The minimum absolute atomic E-state index is 0.0245. The molecule has 1 aromatic rings. The molecule has 8 heteroatoms. The molecule has 26 heavy (non-hydrogen) atoms. The number of carbonyl (C=O) groups excluding carboxylic acids is 3. The Labute approximate surface area is 152 Å². The van der Waals surface area contributed by atoms with Crippen LogP contribution in [0.2, 0.25) is 0 Å². The molecule has 0 unspecified atom stereocenters. The molecule has 0 bridgehead atoms. The normalized spacial score (nSPS) is 18.9. The van der Waals surface area contributed by atoms with Gasteiger partial charge in [0.25, 0.3) is 0 Å². The maximum absolute atomic E-state index is 12.6. The standard InChI is InChI=1S/C18H25N3O5/c1-2-25-17(24)21-9-5-13(6-10-21)20-16(23)18(7-8-18)15(22)19-12-14-4-3-11-26-14/h3-4,11,13H,2,5-10,12H2,1H3,(H,19,22)(H,20,23). The van der Waals surface area contributed by atoms with E-state index in [9.17, 15) is 14.4 Å². The van der Waals surface area contributed by atoms with Crippen LogP contribution in [-0.4, -0.2) is 48.5 Å². The summed E-state index contributed by atoms with van der Waals surface area (Å²) < 4.78 is 10.2. The van der Waals surface area contributed by atoms with Crippen LogP contribution < -0.4 is 10.6 Å². The molecule has 1 saturated heterocycles. The monoisotopic (exact) mass is 363 g/mol. The summed E-state index contributed by atoms with van der Waals surface area (Å²) >= 11 is 0. The van der Waals surface area contributed by atoms with E-state index in [4.69, 9.17) is 9.15 Å². The van der Waals surface area contributed by atoms with Crippen molar-refractivity contribution in [3.63, 3.8) is 0 Å². The maximum Gasteiger partial charge on any atom is 0.409 e. The lowest BCUT2D eigenvalue weighted by Gasteiger charge is -2.32. The molecule has 2 fully saturated rings. The number of carbonyl (C=O) groups is 3. The number of furan rings is 1. The van der Waals surface area contributed by atoms with Gasteiger partial charge in [0.15, 0.2) is 0 Å². The van der Waals surface area contributed by atoms with E-state index in [-0.39, 0.29) is 30.5 Å². The van der Waals surface area contributed by atoms with Crippen LogP contribution in [0.1, 0.15) is 38.4 Å². The van der Waals surface area contributed by atoms with Gasteiger partial charge in [0.2, 0.25) is 11.8 Å². The summed E-state index contributed by atoms with van der Waals surface area (Å²) in [6.45, 7) is 3.49. The Morgan fingerprint density at radius 2 is 2.00 bits per heavy atom. The van der Waals surface area contributed by atoms with Crippen LogP contribution in [0, 0.1) is 5.41 Å². The van der Waals surface area contributed by atoms with Gasteiger partial charge in [0.1, 0.15) is 11.2 Å². The van der Waals surface area contributed by atoms with E-state index in [1.54, 1.807) is 30.2 Å². The van der Waals surface area contributed by atoms with E-state index in [1.165, 1.54) is 0 Å². The molecule has 0 spiro atoms. The first-order valence-electron chi connectivity index (χ1n) is 9.08. The van der Waals surface area contributed by atoms with Gasteiger partial charge in [-0.05, 0) is 44.7 Å². The number of likely N-dealkylation sites (tertiary alicyclic amines) is 1. The number of nitrogens with zero attached hydrogens (tertiary/aromatic N) is 1. The number of hydrogen-bond acceptors (Lipinski definition) is 5. The lowest BCUT2D eigenvalue weighted by molar-refractivity contribution is -0.137. The highest BCUT2D eigenvalue weighted by molar-refractivity contribution is 6.07. The average molecular weight is 363 g/mol. The fourth-order valence-corrected chi connectivity index (χ4v) is 3.18. The molecule has 2 N–H and O–H groups in total. The van der Waals surface area contributed by atoms with Gasteiger partial charge >= 0.3 is 6.09 Å². The lowest BCUT2D eigenvalue weighted by Crippen LogP contribution is -2.50. The Morgan fingerprint density at radius 3 is 2.58 bits per heavy atom. The van der Waals surface area contributed by atoms with Gasteiger partial charge < -0.3 is 24.7 Å². The van der Waals surface area contributed by atoms with Crippen molar-refractivity contribution in [1.82, 2.24) is 15.5 Å². The second-order valence-electron chi connectivity index (χ2n) is 6.78. The predicted octanol–water partition coefficient (Wildman–Crippen LogP) is 1.41. The number of hydrogen-bond donors (Lipinski definition) is 2. The predicted molar refractivity (Wildman–Crippen MR) is 92.0 cm³/mol. The summed E-state index contributed by atoms with van der Waals surface area (Å²) in [5, 5.41) is 5.76. The van der Waals surface area contributed by atoms with Crippen LogP contribution in [0.15, 0.2) is 22.8 Å². The number of nitrogens with one attached hydrogen (secondary N) is 2. The van der Waals surface area contributed by atoms with Gasteiger partial charge in [0, 0.05) is 19.1 Å². The minimum atomic E-state index is -0.954. The zero-order valence-electron chi connectivity index (χ0n) is 15.0. The lowest BCUT2D eigenvalue weighted by atomic mass is 10.0. The first-order valence-corrected chi connectivity index (χ1v) is 9.08. The molecule has 2 aliphatic rings. The fourth-order valence-electron chi connectivity index (χ4n) is 3.18. The number of piperidine rings is 1. The quantitative estimate of drug-likeness (QED) is 0.744. The fraction of sp³-hybridized carbons (Fsp3) is 0.611. The number of ether oxygens (including phenoxy) is 1. The molecule has 142 valence electrons. The van der Waals surface area contributed by atoms with Crippen LogP contribution in [0.25, 0.3) is 0 Å². The maximum atomic E-state index is 12.6. The van der Waals surface area contributed by atoms with Crippen LogP contribution in [0.3, 0.4) is 0 Å². The molecule has 3 rings (SSSR count). The molecule has 1 aliphatic heterocycles. The third-order valence-electron chi connectivity index (χ3n) is 4.98. The Hall–Kier alpha value is -2.51. The van der Waals surface area contributed by atoms with Crippen LogP contribution in [0.5, 0.6) is 0 Å². The zero-order valence-corrected chi connectivity index (χ0v) is 15.0. The van der Waals surface area contributed by atoms with Gasteiger partial charge in [-0.15, -0.1) is 0 Å². The second kappa shape index (κ2) is 7.80. The third kappa shape index (κ3) is 4.00. The molecule has 8 nitrogen and oxygen atoms in total. The molecule has 1 aromatic heterocycles. The Bertz CT molecular complexity index is 646. The Kier molecular flexibility index (Phi) is 5.49. The van der Waals surface area contributed by atoms with Crippen molar-refractivity contribution in [3.8, 4) is 0 Å². The molecule has 0 radical (unpaired) electrons. The van der Waals surface area contributed by atoms with Crippen molar-refractivity contribution in [2.75, 3.05) is 19.7 Å². The average Bonchev–Trinajstić information content (AvgIpc) is 3.30. The van der Waals surface area contributed by atoms with Crippen molar-refractivity contribution >= 4 is 17.9 Å². The van der Waals surface area contributed by atoms with Gasteiger partial charge in [-0.25, -0.2) is 4.79 Å².